The molecule has 0 bridgehead atoms. The highest BCUT2D eigenvalue weighted by Gasteiger charge is 2.25. The SMILES string of the molecule is CC(C)(C)OC(=O)N1CCN(CCC/C=C\CCCBr)CC1. The highest BCUT2D eigenvalue weighted by Crippen LogP contribution is 2.12. The first-order valence-electron chi connectivity index (χ1n) is 8.33. The number of ether oxygens (including phenoxy) is 1. The van der Waals surface area contributed by atoms with Gasteiger partial charge in [-0.05, 0) is 53.0 Å². The summed E-state index contributed by atoms with van der Waals surface area (Å²) in [4.78, 5) is 16.2. The van der Waals surface area contributed by atoms with Gasteiger partial charge < -0.3 is 9.64 Å². The molecule has 0 radical (unpaired) electrons. The van der Waals surface area contributed by atoms with E-state index in [0.717, 1.165) is 44.5 Å². The van der Waals surface area contributed by atoms with Gasteiger partial charge in [-0.15, -0.1) is 0 Å². The van der Waals surface area contributed by atoms with Gasteiger partial charge in [0, 0.05) is 31.5 Å². The summed E-state index contributed by atoms with van der Waals surface area (Å²) in [5, 5.41) is 1.08. The van der Waals surface area contributed by atoms with Gasteiger partial charge in [-0.2, -0.15) is 0 Å². The van der Waals surface area contributed by atoms with Crippen molar-refractivity contribution in [2.45, 2.75) is 52.1 Å². The molecule has 1 aliphatic rings. The van der Waals surface area contributed by atoms with Gasteiger partial charge in [-0.1, -0.05) is 28.1 Å². The van der Waals surface area contributed by atoms with Gasteiger partial charge >= 0.3 is 6.09 Å². The average molecular weight is 375 g/mol. The van der Waals surface area contributed by atoms with Crippen molar-refractivity contribution in [3.05, 3.63) is 12.2 Å². The molecular weight excluding hydrogens is 344 g/mol. The number of unbranched alkanes of at least 4 members (excludes halogenated alkanes) is 2. The van der Waals surface area contributed by atoms with Gasteiger partial charge in [-0.25, -0.2) is 4.79 Å². The number of hydrogen-bond acceptors (Lipinski definition) is 3. The lowest BCUT2D eigenvalue weighted by atomic mass is 10.2. The first-order valence-corrected chi connectivity index (χ1v) is 9.46. The zero-order valence-corrected chi connectivity index (χ0v) is 15.9. The topological polar surface area (TPSA) is 32.8 Å². The minimum absolute atomic E-state index is 0.179. The number of carbonyl (C=O) groups is 1. The lowest BCUT2D eigenvalue weighted by Crippen LogP contribution is -2.50. The van der Waals surface area contributed by atoms with Gasteiger partial charge in [0.25, 0.3) is 0 Å². The summed E-state index contributed by atoms with van der Waals surface area (Å²) in [7, 11) is 0. The maximum atomic E-state index is 12.0. The molecule has 0 aromatic heterocycles. The van der Waals surface area contributed by atoms with Crippen molar-refractivity contribution >= 4 is 22.0 Å². The average Bonchev–Trinajstić information content (AvgIpc) is 2.45. The number of piperazine rings is 1. The summed E-state index contributed by atoms with van der Waals surface area (Å²) in [5.74, 6) is 0. The molecule has 4 nitrogen and oxygen atoms in total. The van der Waals surface area contributed by atoms with Crippen molar-refractivity contribution in [3.63, 3.8) is 0 Å². The summed E-state index contributed by atoms with van der Waals surface area (Å²) in [6.45, 7) is 10.3. The van der Waals surface area contributed by atoms with E-state index in [2.05, 4.69) is 33.0 Å². The normalized spacial score (nSPS) is 17.2. The number of amides is 1. The number of halogens is 1. The Hall–Kier alpha value is -0.550. The van der Waals surface area contributed by atoms with E-state index in [1.807, 2.05) is 25.7 Å². The van der Waals surface area contributed by atoms with Crippen LogP contribution in [0.4, 0.5) is 4.79 Å². The van der Waals surface area contributed by atoms with Crippen LogP contribution in [0.3, 0.4) is 0 Å². The summed E-state index contributed by atoms with van der Waals surface area (Å²) in [6, 6.07) is 0. The highest BCUT2D eigenvalue weighted by molar-refractivity contribution is 9.09. The third-order valence-corrected chi connectivity index (χ3v) is 4.10. The fraction of sp³-hybridized carbons (Fsp3) is 0.824. The molecule has 0 aliphatic carbocycles. The standard InChI is InChI=1S/C17H31BrN2O2/c1-17(2,3)22-16(21)20-14-12-19(13-15-20)11-9-7-5-4-6-8-10-18/h4-5H,6-15H2,1-3H3/b5-4-. The van der Waals surface area contributed by atoms with Gasteiger partial charge in [0.15, 0.2) is 0 Å². The second kappa shape index (κ2) is 10.3. The molecule has 1 saturated heterocycles. The molecular formula is C17H31BrN2O2. The van der Waals surface area contributed by atoms with Crippen LogP contribution in [0.15, 0.2) is 12.2 Å². The molecule has 1 aliphatic heterocycles. The van der Waals surface area contributed by atoms with Crippen LogP contribution in [-0.4, -0.2) is 59.5 Å². The van der Waals surface area contributed by atoms with E-state index in [1.165, 1.54) is 19.3 Å². The van der Waals surface area contributed by atoms with Crippen LogP contribution < -0.4 is 0 Å². The Balaban J connectivity index is 2.12. The van der Waals surface area contributed by atoms with Crippen LogP contribution in [0.2, 0.25) is 0 Å². The Kier molecular flexibility index (Phi) is 9.10. The second-order valence-electron chi connectivity index (χ2n) is 6.75. The molecule has 5 heteroatoms. The van der Waals surface area contributed by atoms with E-state index in [-0.39, 0.29) is 6.09 Å². The number of nitrogens with zero attached hydrogens (tertiary/aromatic N) is 2. The third-order valence-electron chi connectivity index (χ3n) is 3.54. The minimum atomic E-state index is -0.407. The van der Waals surface area contributed by atoms with Crippen molar-refractivity contribution in [2.75, 3.05) is 38.1 Å². The molecule has 0 atom stereocenters. The van der Waals surface area contributed by atoms with E-state index in [4.69, 9.17) is 4.74 Å². The van der Waals surface area contributed by atoms with E-state index in [1.54, 1.807) is 0 Å². The fourth-order valence-electron chi connectivity index (χ4n) is 2.34. The number of allylic oxidation sites excluding steroid dienone is 2. The monoisotopic (exact) mass is 374 g/mol. The van der Waals surface area contributed by atoms with Crippen molar-refractivity contribution in [3.8, 4) is 0 Å². The van der Waals surface area contributed by atoms with Crippen LogP contribution in [0, 0.1) is 0 Å². The molecule has 0 aromatic carbocycles. The molecule has 0 N–H and O–H groups in total. The van der Waals surface area contributed by atoms with Gasteiger partial charge in [-0.3, -0.25) is 4.90 Å². The minimum Gasteiger partial charge on any atom is -0.444 e. The third kappa shape index (κ3) is 8.79. The highest BCUT2D eigenvalue weighted by atomic mass is 79.9. The predicted octanol–water partition coefficient (Wildman–Crippen LogP) is 4.05. The van der Waals surface area contributed by atoms with Crippen molar-refractivity contribution < 1.29 is 9.53 Å². The Morgan fingerprint density at radius 2 is 1.68 bits per heavy atom. The number of carbonyl (C=O) groups excluding carboxylic acids is 1. The zero-order valence-electron chi connectivity index (χ0n) is 14.3. The molecule has 1 heterocycles. The van der Waals surface area contributed by atoms with E-state index in [0.29, 0.717) is 0 Å². The largest absolute Gasteiger partial charge is 0.444 e. The van der Waals surface area contributed by atoms with Crippen LogP contribution in [0.5, 0.6) is 0 Å². The summed E-state index contributed by atoms with van der Waals surface area (Å²) in [5.41, 5.74) is -0.407. The van der Waals surface area contributed by atoms with Crippen LogP contribution in [-0.2, 0) is 4.74 Å². The first-order chi connectivity index (χ1) is 10.4. The maximum Gasteiger partial charge on any atom is 0.410 e. The molecule has 0 spiro atoms. The second-order valence-corrected chi connectivity index (χ2v) is 7.55. The van der Waals surface area contributed by atoms with E-state index >= 15 is 0 Å². The Bertz CT molecular complexity index is 345. The van der Waals surface area contributed by atoms with Crippen LogP contribution in [0.1, 0.15) is 46.5 Å². The first kappa shape index (κ1) is 19.5. The lowest BCUT2D eigenvalue weighted by molar-refractivity contribution is 0.0145. The molecule has 0 aromatic rings. The predicted molar refractivity (Wildman–Crippen MR) is 95.6 cm³/mol. The maximum absolute atomic E-state index is 12.0. The molecule has 1 amide bonds. The Morgan fingerprint density at radius 1 is 1.09 bits per heavy atom. The van der Waals surface area contributed by atoms with Crippen LogP contribution in [0.25, 0.3) is 0 Å². The van der Waals surface area contributed by atoms with Gasteiger partial charge in [0.1, 0.15) is 5.60 Å². The number of hydrogen-bond donors (Lipinski definition) is 0. The van der Waals surface area contributed by atoms with E-state index < -0.39 is 5.60 Å². The van der Waals surface area contributed by atoms with Gasteiger partial charge in [0.05, 0.1) is 0 Å². The summed E-state index contributed by atoms with van der Waals surface area (Å²) < 4.78 is 5.41. The number of alkyl halides is 1. The quantitative estimate of drug-likeness (QED) is 0.382. The zero-order chi connectivity index (χ0) is 16.4. The molecule has 0 unspecified atom stereocenters. The summed E-state index contributed by atoms with van der Waals surface area (Å²) in [6.07, 6.45) is 9.11. The van der Waals surface area contributed by atoms with Crippen molar-refractivity contribution in [2.24, 2.45) is 0 Å². The molecule has 0 saturated carbocycles. The number of rotatable bonds is 7. The van der Waals surface area contributed by atoms with Crippen LogP contribution >= 0.6 is 15.9 Å². The van der Waals surface area contributed by atoms with Gasteiger partial charge in [0.2, 0.25) is 0 Å². The summed E-state index contributed by atoms with van der Waals surface area (Å²) >= 11 is 3.44. The lowest BCUT2D eigenvalue weighted by Gasteiger charge is -2.35. The van der Waals surface area contributed by atoms with Crippen molar-refractivity contribution in [1.82, 2.24) is 9.80 Å². The fourth-order valence-corrected chi connectivity index (χ4v) is 2.67. The van der Waals surface area contributed by atoms with Crippen molar-refractivity contribution in [1.29, 1.82) is 0 Å². The molecule has 1 fully saturated rings. The van der Waals surface area contributed by atoms with E-state index in [9.17, 15) is 4.79 Å². The Labute approximate surface area is 144 Å². The smallest absolute Gasteiger partial charge is 0.410 e. The molecule has 22 heavy (non-hydrogen) atoms. The Morgan fingerprint density at radius 3 is 2.23 bits per heavy atom. The molecule has 128 valence electrons. The molecule has 1 rings (SSSR count).